The predicted octanol–water partition coefficient (Wildman–Crippen LogP) is 2.58. The van der Waals surface area contributed by atoms with Gasteiger partial charge in [-0.1, -0.05) is 26.0 Å². The summed E-state index contributed by atoms with van der Waals surface area (Å²) in [6.07, 6.45) is 0.779. The third kappa shape index (κ3) is 2.91. The van der Waals surface area contributed by atoms with Gasteiger partial charge in [-0.25, -0.2) is 4.39 Å². The van der Waals surface area contributed by atoms with Crippen molar-refractivity contribution in [1.82, 2.24) is 9.80 Å². The van der Waals surface area contributed by atoms with E-state index in [9.17, 15) is 14.4 Å². The van der Waals surface area contributed by atoms with Gasteiger partial charge in [-0.3, -0.25) is 4.79 Å². The highest BCUT2D eigenvalue weighted by Gasteiger charge is 2.38. The van der Waals surface area contributed by atoms with Gasteiger partial charge < -0.3 is 9.80 Å². The molecule has 0 spiro atoms. The van der Waals surface area contributed by atoms with Crippen molar-refractivity contribution in [2.45, 2.75) is 26.3 Å². The molecule has 4 nitrogen and oxygen atoms in total. The molecule has 1 amide bonds. The number of rotatable bonds is 6. The number of hydrogen-bond acceptors (Lipinski definition) is 3. The Labute approximate surface area is 124 Å². The fourth-order valence-electron chi connectivity index (χ4n) is 2.80. The highest BCUT2D eigenvalue weighted by Crippen LogP contribution is 2.34. The summed E-state index contributed by atoms with van der Waals surface area (Å²) in [5.74, 6) is -0.904. The molecule has 0 fully saturated rings. The zero-order chi connectivity index (χ0) is 15.4. The van der Waals surface area contributed by atoms with E-state index in [0.29, 0.717) is 12.1 Å². The minimum atomic E-state index is -0.667. The molecule has 21 heavy (non-hydrogen) atoms. The molecule has 112 valence electrons. The van der Waals surface area contributed by atoms with Crippen molar-refractivity contribution in [2.24, 2.45) is 0 Å². The second-order valence-electron chi connectivity index (χ2n) is 5.11. The molecule has 0 aliphatic carbocycles. The zero-order valence-electron chi connectivity index (χ0n) is 12.5. The van der Waals surface area contributed by atoms with E-state index in [-0.39, 0.29) is 11.5 Å². The number of halogens is 1. The minimum absolute atomic E-state index is 0.0619. The first kappa shape index (κ1) is 15.5. The predicted molar refractivity (Wildman–Crippen MR) is 78.2 cm³/mol. The fraction of sp³-hybridized carbons (Fsp3) is 0.500. The summed E-state index contributed by atoms with van der Waals surface area (Å²) < 4.78 is 13.8. The quantitative estimate of drug-likeness (QED) is 0.808. The first-order chi connectivity index (χ1) is 10.1. The van der Waals surface area contributed by atoms with Crippen LogP contribution in [0.3, 0.4) is 0 Å². The number of amides is 1. The van der Waals surface area contributed by atoms with E-state index in [1.807, 2.05) is 0 Å². The van der Waals surface area contributed by atoms with Crippen molar-refractivity contribution < 1.29 is 9.18 Å². The van der Waals surface area contributed by atoms with E-state index in [4.69, 9.17) is 0 Å². The number of hydrogen-bond donors (Lipinski definition) is 0. The molecule has 1 unspecified atom stereocenters. The van der Waals surface area contributed by atoms with E-state index >= 15 is 0 Å². The van der Waals surface area contributed by atoms with Gasteiger partial charge in [0.25, 0.3) is 5.91 Å². The second-order valence-corrected chi connectivity index (χ2v) is 5.11. The van der Waals surface area contributed by atoms with E-state index in [1.54, 1.807) is 12.1 Å². The van der Waals surface area contributed by atoms with Crippen molar-refractivity contribution in [3.8, 4) is 6.07 Å². The van der Waals surface area contributed by atoms with Crippen molar-refractivity contribution in [3.05, 3.63) is 35.1 Å². The highest BCUT2D eigenvalue weighted by atomic mass is 19.1. The lowest BCUT2D eigenvalue weighted by Gasteiger charge is -2.23. The maximum absolute atomic E-state index is 13.8. The highest BCUT2D eigenvalue weighted by molar-refractivity contribution is 5.99. The van der Waals surface area contributed by atoms with Crippen LogP contribution in [0.4, 0.5) is 4.39 Å². The van der Waals surface area contributed by atoms with Crippen LogP contribution < -0.4 is 0 Å². The Morgan fingerprint density at radius 2 is 2.10 bits per heavy atom. The zero-order valence-corrected chi connectivity index (χ0v) is 12.5. The monoisotopic (exact) mass is 289 g/mol. The van der Waals surface area contributed by atoms with Crippen LogP contribution in [0.5, 0.6) is 0 Å². The van der Waals surface area contributed by atoms with Gasteiger partial charge in [-0.15, -0.1) is 0 Å². The van der Waals surface area contributed by atoms with Gasteiger partial charge in [-0.05, 0) is 32.1 Å². The van der Waals surface area contributed by atoms with E-state index in [2.05, 4.69) is 24.8 Å². The molecular formula is C16H20FN3O. The number of nitriles is 1. The number of benzene rings is 1. The largest absolute Gasteiger partial charge is 0.318 e. The van der Waals surface area contributed by atoms with Crippen molar-refractivity contribution in [1.29, 1.82) is 5.26 Å². The van der Waals surface area contributed by atoms with Gasteiger partial charge in [0.05, 0.1) is 11.6 Å². The number of nitrogens with zero attached hydrogens (tertiary/aromatic N) is 3. The van der Waals surface area contributed by atoms with Crippen LogP contribution in [0.25, 0.3) is 0 Å². The molecule has 0 radical (unpaired) electrons. The van der Waals surface area contributed by atoms with Gasteiger partial charge >= 0.3 is 0 Å². The molecule has 0 bridgehead atoms. The first-order valence-electron chi connectivity index (χ1n) is 7.35. The van der Waals surface area contributed by atoms with Gasteiger partial charge in [0, 0.05) is 12.1 Å². The van der Waals surface area contributed by atoms with Crippen LogP contribution in [0.15, 0.2) is 18.2 Å². The Balaban J connectivity index is 2.10. The van der Waals surface area contributed by atoms with Crippen LogP contribution >= 0.6 is 0 Å². The molecule has 1 atom stereocenters. The molecule has 1 aliphatic rings. The van der Waals surface area contributed by atoms with E-state index < -0.39 is 11.9 Å². The van der Waals surface area contributed by atoms with Crippen LogP contribution in [-0.4, -0.2) is 41.9 Å². The molecule has 2 rings (SSSR count). The number of carbonyl (C=O) groups is 1. The maximum Gasteiger partial charge on any atom is 0.258 e. The summed E-state index contributed by atoms with van der Waals surface area (Å²) in [5, 5.41) is 9.32. The second kappa shape index (κ2) is 6.68. The normalized spacial score (nSPS) is 17.2. The number of carbonyl (C=O) groups excluding carboxylic acids is 1. The average Bonchev–Trinajstić information content (AvgIpc) is 2.77. The van der Waals surface area contributed by atoms with Crippen LogP contribution in [0.2, 0.25) is 0 Å². The van der Waals surface area contributed by atoms with Crippen LogP contribution in [0, 0.1) is 17.1 Å². The van der Waals surface area contributed by atoms with Gasteiger partial charge in [0.1, 0.15) is 11.9 Å². The third-order valence-electron chi connectivity index (χ3n) is 4.02. The Kier molecular flexibility index (Phi) is 4.92. The summed E-state index contributed by atoms with van der Waals surface area (Å²) in [7, 11) is 0. The standard InChI is InChI=1S/C16H20FN3O/c1-3-19(4-2)9-6-10-20-14(11-18)12-7-5-8-13(17)15(12)16(20)21/h5,7-8,14H,3-4,6,9-10H2,1-2H3. The van der Waals surface area contributed by atoms with Crippen molar-refractivity contribution >= 4 is 5.91 Å². The van der Waals surface area contributed by atoms with E-state index in [0.717, 1.165) is 26.1 Å². The smallest absolute Gasteiger partial charge is 0.258 e. The first-order valence-corrected chi connectivity index (χ1v) is 7.35. The summed E-state index contributed by atoms with van der Waals surface area (Å²) in [6, 6.07) is 5.93. The van der Waals surface area contributed by atoms with Crippen LogP contribution in [0.1, 0.15) is 42.2 Å². The van der Waals surface area contributed by atoms with Crippen molar-refractivity contribution in [3.63, 3.8) is 0 Å². The SMILES string of the molecule is CCN(CC)CCCN1C(=O)c2c(F)cccc2C1C#N. The summed E-state index contributed by atoms with van der Waals surface area (Å²) >= 11 is 0. The lowest BCUT2D eigenvalue weighted by atomic mass is 10.1. The molecule has 0 saturated heterocycles. The molecule has 0 saturated carbocycles. The van der Waals surface area contributed by atoms with E-state index in [1.165, 1.54) is 11.0 Å². The Hall–Kier alpha value is -1.93. The Morgan fingerprint density at radius 3 is 2.71 bits per heavy atom. The maximum atomic E-state index is 13.8. The average molecular weight is 289 g/mol. The lowest BCUT2D eigenvalue weighted by molar-refractivity contribution is 0.0747. The third-order valence-corrected chi connectivity index (χ3v) is 4.02. The molecule has 1 aliphatic heterocycles. The van der Waals surface area contributed by atoms with Gasteiger partial charge in [-0.2, -0.15) is 5.26 Å². The molecule has 1 heterocycles. The topological polar surface area (TPSA) is 47.3 Å². The fourth-order valence-corrected chi connectivity index (χ4v) is 2.80. The van der Waals surface area contributed by atoms with Crippen molar-refractivity contribution in [2.75, 3.05) is 26.2 Å². The summed E-state index contributed by atoms with van der Waals surface area (Å²) in [5.41, 5.74) is 0.553. The summed E-state index contributed by atoms with van der Waals surface area (Å²) in [6.45, 7) is 7.44. The molecular weight excluding hydrogens is 269 g/mol. The molecule has 0 N–H and O–H groups in total. The summed E-state index contributed by atoms with van der Waals surface area (Å²) in [4.78, 5) is 16.1. The molecule has 5 heteroatoms. The molecule has 0 aromatic heterocycles. The molecule has 1 aromatic carbocycles. The Bertz CT molecular complexity index is 563. The Morgan fingerprint density at radius 1 is 1.38 bits per heavy atom. The van der Waals surface area contributed by atoms with Gasteiger partial charge in [0.15, 0.2) is 0 Å². The number of fused-ring (bicyclic) bond motifs is 1. The van der Waals surface area contributed by atoms with Crippen LogP contribution in [-0.2, 0) is 0 Å². The lowest BCUT2D eigenvalue weighted by Crippen LogP contribution is -2.32. The molecule has 1 aromatic rings. The minimum Gasteiger partial charge on any atom is -0.318 e. The van der Waals surface area contributed by atoms with Gasteiger partial charge in [0.2, 0.25) is 0 Å².